The zero-order chi connectivity index (χ0) is 14.5. The fourth-order valence-electron chi connectivity index (χ4n) is 1.98. The molecule has 0 atom stereocenters. The maximum atomic E-state index is 12.1. The summed E-state index contributed by atoms with van der Waals surface area (Å²) in [5.74, 6) is 1.30. The number of pyridine rings is 1. The number of oxazole rings is 1. The number of hydrogen-bond acceptors (Lipinski definition) is 4. The Labute approximate surface area is 118 Å². The highest BCUT2D eigenvalue weighted by atomic mass is 16.4. The van der Waals surface area contributed by atoms with Crippen molar-refractivity contribution in [1.82, 2.24) is 14.9 Å². The first-order chi connectivity index (χ1) is 9.56. The molecular weight excluding hydrogens is 254 g/mol. The van der Waals surface area contributed by atoms with E-state index in [-0.39, 0.29) is 12.3 Å². The van der Waals surface area contributed by atoms with Gasteiger partial charge in [-0.2, -0.15) is 0 Å². The van der Waals surface area contributed by atoms with Crippen molar-refractivity contribution in [2.75, 3.05) is 13.6 Å². The Kier molecular flexibility index (Phi) is 4.50. The summed E-state index contributed by atoms with van der Waals surface area (Å²) in [6.45, 7) is 4.32. The lowest BCUT2D eigenvalue weighted by Crippen LogP contribution is -2.30. The van der Waals surface area contributed by atoms with E-state index >= 15 is 0 Å². The normalized spacial score (nSPS) is 10.6. The summed E-state index contributed by atoms with van der Waals surface area (Å²) in [6, 6.07) is 3.92. The average Bonchev–Trinajstić information content (AvgIpc) is 2.75. The van der Waals surface area contributed by atoms with Gasteiger partial charge in [0.2, 0.25) is 5.91 Å². The van der Waals surface area contributed by atoms with Gasteiger partial charge in [-0.3, -0.25) is 9.78 Å². The van der Waals surface area contributed by atoms with Crippen LogP contribution in [-0.4, -0.2) is 34.4 Å². The van der Waals surface area contributed by atoms with Crippen molar-refractivity contribution in [3.05, 3.63) is 47.4 Å². The van der Waals surface area contributed by atoms with Crippen LogP contribution in [0.3, 0.4) is 0 Å². The van der Waals surface area contributed by atoms with Crippen molar-refractivity contribution in [3.63, 3.8) is 0 Å². The third-order valence-corrected chi connectivity index (χ3v) is 3.22. The topological polar surface area (TPSA) is 59.2 Å². The summed E-state index contributed by atoms with van der Waals surface area (Å²) >= 11 is 0. The molecule has 106 valence electrons. The number of likely N-dealkylation sites (N-methyl/N-ethyl adjacent to an activating group) is 1. The van der Waals surface area contributed by atoms with E-state index in [2.05, 4.69) is 9.97 Å². The van der Waals surface area contributed by atoms with Gasteiger partial charge in [0.1, 0.15) is 5.76 Å². The standard InChI is InChI=1S/C15H19N3O2/c1-11-14(20-12(2)17-11)10-15(19)18(3)9-6-13-4-7-16-8-5-13/h4-5,7-8H,6,9-10H2,1-3H3. The molecule has 0 bridgehead atoms. The van der Waals surface area contributed by atoms with Gasteiger partial charge in [-0.15, -0.1) is 0 Å². The fourth-order valence-corrected chi connectivity index (χ4v) is 1.98. The van der Waals surface area contributed by atoms with E-state index < -0.39 is 0 Å². The molecule has 0 N–H and O–H groups in total. The van der Waals surface area contributed by atoms with Crippen molar-refractivity contribution < 1.29 is 9.21 Å². The summed E-state index contributed by atoms with van der Waals surface area (Å²) in [7, 11) is 1.81. The highest BCUT2D eigenvalue weighted by Crippen LogP contribution is 2.11. The smallest absolute Gasteiger partial charge is 0.230 e. The van der Waals surface area contributed by atoms with Crippen molar-refractivity contribution in [3.8, 4) is 0 Å². The van der Waals surface area contributed by atoms with Gasteiger partial charge < -0.3 is 9.32 Å². The molecule has 2 aromatic heterocycles. The highest BCUT2D eigenvalue weighted by molar-refractivity contribution is 5.78. The molecule has 5 nitrogen and oxygen atoms in total. The fraction of sp³-hybridized carbons (Fsp3) is 0.400. The molecule has 1 amide bonds. The van der Waals surface area contributed by atoms with Gasteiger partial charge in [0.25, 0.3) is 0 Å². The van der Waals surface area contributed by atoms with Crippen molar-refractivity contribution in [2.45, 2.75) is 26.7 Å². The second-order valence-electron chi connectivity index (χ2n) is 4.84. The molecule has 20 heavy (non-hydrogen) atoms. The van der Waals surface area contributed by atoms with Crippen LogP contribution in [0.4, 0.5) is 0 Å². The lowest BCUT2D eigenvalue weighted by molar-refractivity contribution is -0.129. The van der Waals surface area contributed by atoms with Crippen LogP contribution in [0.5, 0.6) is 0 Å². The minimum absolute atomic E-state index is 0.0401. The minimum Gasteiger partial charge on any atom is -0.445 e. The molecule has 0 unspecified atom stereocenters. The molecule has 0 aliphatic heterocycles. The number of carbonyl (C=O) groups is 1. The van der Waals surface area contributed by atoms with E-state index in [0.717, 1.165) is 12.1 Å². The number of amides is 1. The molecule has 5 heteroatoms. The van der Waals surface area contributed by atoms with Gasteiger partial charge in [-0.25, -0.2) is 4.98 Å². The van der Waals surface area contributed by atoms with E-state index in [4.69, 9.17) is 4.42 Å². The Bertz CT molecular complexity index is 578. The Morgan fingerprint density at radius 1 is 1.30 bits per heavy atom. The Morgan fingerprint density at radius 2 is 2.00 bits per heavy atom. The zero-order valence-corrected chi connectivity index (χ0v) is 12.1. The van der Waals surface area contributed by atoms with Crippen LogP contribution in [-0.2, 0) is 17.6 Å². The molecule has 0 saturated heterocycles. The van der Waals surface area contributed by atoms with Crippen molar-refractivity contribution in [2.24, 2.45) is 0 Å². The van der Waals surface area contributed by atoms with Gasteiger partial charge in [0, 0.05) is 32.9 Å². The van der Waals surface area contributed by atoms with Crippen LogP contribution in [0.15, 0.2) is 28.9 Å². The SMILES string of the molecule is Cc1nc(C)c(CC(=O)N(C)CCc2ccncc2)o1. The predicted octanol–water partition coefficient (Wildman–Crippen LogP) is 1.93. The largest absolute Gasteiger partial charge is 0.445 e. The number of nitrogens with zero attached hydrogens (tertiary/aromatic N) is 3. The van der Waals surface area contributed by atoms with Crippen LogP contribution >= 0.6 is 0 Å². The van der Waals surface area contributed by atoms with Crippen LogP contribution in [0.2, 0.25) is 0 Å². The Hall–Kier alpha value is -2.17. The van der Waals surface area contributed by atoms with Crippen LogP contribution in [0.25, 0.3) is 0 Å². The molecule has 0 aliphatic carbocycles. The van der Waals surface area contributed by atoms with Crippen LogP contribution in [0, 0.1) is 13.8 Å². The third-order valence-electron chi connectivity index (χ3n) is 3.22. The van der Waals surface area contributed by atoms with E-state index in [1.165, 1.54) is 5.56 Å². The Balaban J connectivity index is 1.87. The zero-order valence-electron chi connectivity index (χ0n) is 12.1. The van der Waals surface area contributed by atoms with E-state index in [1.54, 1.807) is 24.2 Å². The van der Waals surface area contributed by atoms with Gasteiger partial charge in [-0.1, -0.05) is 0 Å². The molecule has 0 saturated carbocycles. The first kappa shape index (κ1) is 14.2. The molecule has 2 heterocycles. The predicted molar refractivity (Wildman–Crippen MR) is 75.3 cm³/mol. The summed E-state index contributed by atoms with van der Waals surface area (Å²) < 4.78 is 5.43. The second kappa shape index (κ2) is 6.32. The summed E-state index contributed by atoms with van der Waals surface area (Å²) in [5, 5.41) is 0. The lowest BCUT2D eigenvalue weighted by Gasteiger charge is -2.16. The van der Waals surface area contributed by atoms with E-state index in [1.807, 2.05) is 26.1 Å². The number of carbonyl (C=O) groups excluding carboxylic acids is 1. The number of aryl methyl sites for hydroxylation is 2. The summed E-state index contributed by atoms with van der Waals surface area (Å²) in [4.78, 5) is 22.0. The van der Waals surface area contributed by atoms with Crippen LogP contribution < -0.4 is 0 Å². The molecule has 0 aromatic carbocycles. The second-order valence-corrected chi connectivity index (χ2v) is 4.84. The number of rotatable bonds is 5. The van der Waals surface area contributed by atoms with Crippen molar-refractivity contribution >= 4 is 5.91 Å². The molecule has 0 aliphatic rings. The van der Waals surface area contributed by atoms with Crippen molar-refractivity contribution in [1.29, 1.82) is 0 Å². The first-order valence-electron chi connectivity index (χ1n) is 6.62. The van der Waals surface area contributed by atoms with Gasteiger partial charge in [0.05, 0.1) is 12.1 Å². The minimum atomic E-state index is 0.0401. The maximum Gasteiger partial charge on any atom is 0.230 e. The highest BCUT2D eigenvalue weighted by Gasteiger charge is 2.15. The molecule has 0 fully saturated rings. The maximum absolute atomic E-state index is 12.1. The average molecular weight is 273 g/mol. The van der Waals surface area contributed by atoms with Crippen LogP contribution in [0.1, 0.15) is 22.9 Å². The lowest BCUT2D eigenvalue weighted by atomic mass is 10.2. The van der Waals surface area contributed by atoms with Gasteiger partial charge in [-0.05, 0) is 31.0 Å². The molecule has 2 rings (SSSR count). The first-order valence-corrected chi connectivity index (χ1v) is 6.62. The number of hydrogen-bond donors (Lipinski definition) is 0. The monoisotopic (exact) mass is 273 g/mol. The van der Waals surface area contributed by atoms with E-state index in [9.17, 15) is 4.79 Å². The quantitative estimate of drug-likeness (QED) is 0.835. The van der Waals surface area contributed by atoms with E-state index in [0.29, 0.717) is 18.2 Å². The summed E-state index contributed by atoms with van der Waals surface area (Å²) in [5.41, 5.74) is 1.96. The summed E-state index contributed by atoms with van der Waals surface area (Å²) in [6.07, 6.45) is 4.61. The molecule has 0 radical (unpaired) electrons. The third kappa shape index (κ3) is 3.66. The molecule has 0 spiro atoms. The van der Waals surface area contributed by atoms with Gasteiger partial charge >= 0.3 is 0 Å². The molecular formula is C15H19N3O2. The number of aromatic nitrogens is 2. The molecule has 2 aromatic rings. The Morgan fingerprint density at radius 3 is 2.60 bits per heavy atom. The van der Waals surface area contributed by atoms with Gasteiger partial charge in [0.15, 0.2) is 5.89 Å².